The van der Waals surface area contributed by atoms with Gasteiger partial charge in [-0.3, -0.25) is 0 Å². The van der Waals surface area contributed by atoms with E-state index in [0.717, 1.165) is 37.8 Å². The highest BCUT2D eigenvalue weighted by Gasteiger charge is 2.36. The van der Waals surface area contributed by atoms with Crippen LogP contribution in [0.3, 0.4) is 0 Å². The zero-order chi connectivity index (χ0) is 13.5. The summed E-state index contributed by atoms with van der Waals surface area (Å²) >= 11 is 6.27. The molecule has 104 valence electrons. The Bertz CT molecular complexity index is 492. The summed E-state index contributed by atoms with van der Waals surface area (Å²) in [5.41, 5.74) is 3.68. The third kappa shape index (κ3) is 2.25. The lowest BCUT2D eigenvalue weighted by molar-refractivity contribution is 0.390. The van der Waals surface area contributed by atoms with E-state index >= 15 is 0 Å². The van der Waals surface area contributed by atoms with Crippen molar-refractivity contribution in [1.82, 2.24) is 5.32 Å². The minimum atomic E-state index is -0.108. The second-order valence-corrected chi connectivity index (χ2v) is 6.55. The molecule has 0 aromatic heterocycles. The Morgan fingerprint density at radius 2 is 2.00 bits per heavy atom. The molecule has 3 rings (SSSR count). The maximum Gasteiger partial charge on any atom is 0.139 e. The quantitative estimate of drug-likeness (QED) is 0.764. The summed E-state index contributed by atoms with van der Waals surface area (Å²) in [6.45, 7) is 3.23. The summed E-state index contributed by atoms with van der Waals surface area (Å²) in [5.74, 6) is 0.305. The zero-order valence-corrected chi connectivity index (χ0v) is 12.3. The van der Waals surface area contributed by atoms with Gasteiger partial charge in [-0.15, -0.1) is 0 Å². The molecule has 19 heavy (non-hydrogen) atoms. The molecule has 1 aliphatic carbocycles. The van der Waals surface area contributed by atoms with Gasteiger partial charge < -0.3 is 10.4 Å². The molecule has 1 unspecified atom stereocenters. The van der Waals surface area contributed by atoms with Crippen LogP contribution in [0, 0.1) is 0 Å². The normalized spacial score (nSPS) is 27.1. The van der Waals surface area contributed by atoms with Crippen molar-refractivity contribution in [2.45, 2.75) is 57.4 Å². The van der Waals surface area contributed by atoms with Gasteiger partial charge in [0.15, 0.2) is 0 Å². The van der Waals surface area contributed by atoms with Gasteiger partial charge in [-0.25, -0.2) is 0 Å². The molecule has 1 fully saturated rings. The molecule has 1 heterocycles. The first-order valence-corrected chi connectivity index (χ1v) is 7.78. The van der Waals surface area contributed by atoms with Gasteiger partial charge in [-0.2, -0.15) is 0 Å². The minimum Gasteiger partial charge on any atom is -0.506 e. The van der Waals surface area contributed by atoms with E-state index in [1.165, 1.54) is 30.4 Å². The Morgan fingerprint density at radius 3 is 2.74 bits per heavy atom. The van der Waals surface area contributed by atoms with Crippen LogP contribution in [0.25, 0.3) is 0 Å². The van der Waals surface area contributed by atoms with Crippen molar-refractivity contribution in [3.05, 3.63) is 27.8 Å². The average Bonchev–Trinajstić information content (AvgIpc) is 2.68. The fourth-order valence-electron chi connectivity index (χ4n) is 3.74. The molecule has 3 heteroatoms. The molecule has 0 saturated carbocycles. The van der Waals surface area contributed by atoms with Crippen molar-refractivity contribution >= 4 is 11.6 Å². The lowest BCUT2D eigenvalue weighted by atomic mass is 9.82. The molecule has 0 radical (unpaired) electrons. The summed E-state index contributed by atoms with van der Waals surface area (Å²) in [7, 11) is 0. The largest absolute Gasteiger partial charge is 0.506 e. The third-order valence-electron chi connectivity index (χ3n) is 4.75. The van der Waals surface area contributed by atoms with Crippen LogP contribution in [0.15, 0.2) is 6.07 Å². The summed E-state index contributed by atoms with van der Waals surface area (Å²) in [5, 5.41) is 14.6. The van der Waals surface area contributed by atoms with Crippen LogP contribution in [0.5, 0.6) is 5.75 Å². The lowest BCUT2D eigenvalue weighted by Crippen LogP contribution is -2.34. The second kappa shape index (κ2) is 4.99. The van der Waals surface area contributed by atoms with Gasteiger partial charge in [0.05, 0.1) is 5.02 Å². The zero-order valence-electron chi connectivity index (χ0n) is 11.6. The number of phenolic OH excluding ortho intramolecular Hbond substituents is 1. The summed E-state index contributed by atoms with van der Waals surface area (Å²) in [6, 6.07) is 1.99. The van der Waals surface area contributed by atoms with Gasteiger partial charge in [0.2, 0.25) is 0 Å². The van der Waals surface area contributed by atoms with Crippen LogP contribution >= 0.6 is 11.6 Å². The van der Waals surface area contributed by atoms with Crippen LogP contribution in [-0.2, 0) is 18.4 Å². The fourth-order valence-corrected chi connectivity index (χ4v) is 3.96. The molecule has 1 saturated heterocycles. The first kappa shape index (κ1) is 13.3. The second-order valence-electron chi connectivity index (χ2n) is 6.14. The van der Waals surface area contributed by atoms with Crippen molar-refractivity contribution in [3.8, 4) is 5.75 Å². The Morgan fingerprint density at radius 1 is 1.21 bits per heavy atom. The number of phenols is 1. The number of hydrogen-bond acceptors (Lipinski definition) is 2. The van der Waals surface area contributed by atoms with Gasteiger partial charge in [0.25, 0.3) is 0 Å². The Labute approximate surface area is 120 Å². The number of rotatable bonds is 1. The molecular formula is C16H22ClNO. The maximum atomic E-state index is 10.5. The molecule has 0 spiro atoms. The number of benzene rings is 1. The van der Waals surface area contributed by atoms with Gasteiger partial charge in [0, 0.05) is 11.1 Å². The van der Waals surface area contributed by atoms with E-state index in [9.17, 15) is 5.11 Å². The summed E-state index contributed by atoms with van der Waals surface area (Å²) in [4.78, 5) is 0. The SMILES string of the molecule is CC1(c2c(O)c(Cl)cc3c2CCCCC3)CCCN1. The highest BCUT2D eigenvalue weighted by molar-refractivity contribution is 6.32. The van der Waals surface area contributed by atoms with Crippen molar-refractivity contribution in [2.24, 2.45) is 0 Å². The molecule has 0 bridgehead atoms. The summed E-state index contributed by atoms with van der Waals surface area (Å²) < 4.78 is 0. The smallest absolute Gasteiger partial charge is 0.139 e. The molecule has 2 aliphatic rings. The number of halogens is 1. The topological polar surface area (TPSA) is 32.3 Å². The highest BCUT2D eigenvalue weighted by atomic mass is 35.5. The molecule has 1 aromatic rings. The summed E-state index contributed by atoms with van der Waals surface area (Å²) in [6.07, 6.45) is 8.14. The van der Waals surface area contributed by atoms with Gasteiger partial charge in [-0.05, 0) is 69.2 Å². The molecule has 2 nitrogen and oxygen atoms in total. The lowest BCUT2D eigenvalue weighted by Gasteiger charge is -2.30. The molecular weight excluding hydrogens is 258 g/mol. The van der Waals surface area contributed by atoms with Gasteiger partial charge in [-0.1, -0.05) is 18.0 Å². The van der Waals surface area contributed by atoms with Crippen LogP contribution < -0.4 is 5.32 Å². The van der Waals surface area contributed by atoms with E-state index < -0.39 is 0 Å². The number of aromatic hydroxyl groups is 1. The van der Waals surface area contributed by atoms with E-state index in [0.29, 0.717) is 10.8 Å². The number of hydrogen-bond donors (Lipinski definition) is 2. The third-order valence-corrected chi connectivity index (χ3v) is 5.03. The predicted molar refractivity (Wildman–Crippen MR) is 79.0 cm³/mol. The standard InChI is InChI=1S/C16H22ClNO/c1-16(8-5-9-18-16)14-12-7-4-2-3-6-11(12)10-13(17)15(14)19/h10,18-19H,2-9H2,1H3. The van der Waals surface area contributed by atoms with Crippen molar-refractivity contribution in [1.29, 1.82) is 0 Å². The average molecular weight is 280 g/mol. The van der Waals surface area contributed by atoms with Crippen molar-refractivity contribution in [2.75, 3.05) is 6.54 Å². The van der Waals surface area contributed by atoms with Gasteiger partial charge in [0.1, 0.15) is 5.75 Å². The van der Waals surface area contributed by atoms with Crippen LogP contribution in [0.4, 0.5) is 0 Å². The van der Waals surface area contributed by atoms with Gasteiger partial charge >= 0.3 is 0 Å². The molecule has 2 N–H and O–H groups in total. The van der Waals surface area contributed by atoms with Crippen LogP contribution in [0.2, 0.25) is 5.02 Å². The van der Waals surface area contributed by atoms with E-state index in [1.807, 2.05) is 6.07 Å². The monoisotopic (exact) mass is 279 g/mol. The van der Waals surface area contributed by atoms with Crippen LogP contribution in [0.1, 0.15) is 55.7 Å². The van der Waals surface area contributed by atoms with E-state index in [-0.39, 0.29) is 5.54 Å². The molecule has 1 aromatic carbocycles. The number of aryl methyl sites for hydroxylation is 1. The first-order valence-electron chi connectivity index (χ1n) is 7.40. The molecule has 0 amide bonds. The first-order chi connectivity index (χ1) is 9.12. The molecule has 1 aliphatic heterocycles. The van der Waals surface area contributed by atoms with E-state index in [1.54, 1.807) is 0 Å². The number of nitrogens with one attached hydrogen (secondary N) is 1. The Balaban J connectivity index is 2.18. The number of fused-ring (bicyclic) bond motifs is 1. The van der Waals surface area contributed by atoms with E-state index in [2.05, 4.69) is 12.2 Å². The van der Waals surface area contributed by atoms with Crippen LogP contribution in [-0.4, -0.2) is 11.7 Å². The highest BCUT2D eigenvalue weighted by Crippen LogP contribution is 2.44. The molecule has 1 atom stereocenters. The fraction of sp³-hybridized carbons (Fsp3) is 0.625. The maximum absolute atomic E-state index is 10.5. The van der Waals surface area contributed by atoms with E-state index in [4.69, 9.17) is 11.6 Å². The Hall–Kier alpha value is -0.730. The van der Waals surface area contributed by atoms with Crippen molar-refractivity contribution < 1.29 is 5.11 Å². The van der Waals surface area contributed by atoms with Crippen molar-refractivity contribution in [3.63, 3.8) is 0 Å². The Kier molecular flexibility index (Phi) is 3.48. The predicted octanol–water partition coefficient (Wildman–Crippen LogP) is 3.91. The minimum absolute atomic E-state index is 0.108.